The van der Waals surface area contributed by atoms with E-state index in [-0.39, 0.29) is 0 Å². The molecule has 0 spiro atoms. The van der Waals surface area contributed by atoms with Crippen LogP contribution in [0.1, 0.15) is 43.6 Å². The van der Waals surface area contributed by atoms with Gasteiger partial charge >= 0.3 is 0 Å². The SMILES string of the molecule is CSCCCCC(CNC1CC1)c1ccccc1. The molecule has 0 aliphatic heterocycles. The Kier molecular flexibility index (Phi) is 6.09. The van der Waals surface area contributed by atoms with E-state index in [0.29, 0.717) is 5.92 Å². The highest BCUT2D eigenvalue weighted by molar-refractivity contribution is 7.98. The minimum absolute atomic E-state index is 0.702. The van der Waals surface area contributed by atoms with Crippen molar-refractivity contribution in [2.24, 2.45) is 0 Å². The first kappa shape index (κ1) is 14.0. The van der Waals surface area contributed by atoms with Gasteiger partial charge in [-0.2, -0.15) is 11.8 Å². The van der Waals surface area contributed by atoms with Gasteiger partial charge in [0.2, 0.25) is 0 Å². The molecule has 1 atom stereocenters. The van der Waals surface area contributed by atoms with Gasteiger partial charge in [0.25, 0.3) is 0 Å². The average molecular weight is 263 g/mol. The van der Waals surface area contributed by atoms with Crippen molar-refractivity contribution in [3.8, 4) is 0 Å². The maximum atomic E-state index is 3.69. The second kappa shape index (κ2) is 7.85. The van der Waals surface area contributed by atoms with Gasteiger partial charge in [-0.15, -0.1) is 0 Å². The molecule has 1 aliphatic carbocycles. The first-order chi connectivity index (χ1) is 8.90. The minimum atomic E-state index is 0.702. The zero-order valence-corrected chi connectivity index (χ0v) is 12.2. The summed E-state index contributed by atoms with van der Waals surface area (Å²) in [5.74, 6) is 2.01. The van der Waals surface area contributed by atoms with E-state index in [4.69, 9.17) is 0 Å². The quantitative estimate of drug-likeness (QED) is 0.674. The number of unbranched alkanes of at least 4 members (excludes halogenated alkanes) is 1. The summed E-state index contributed by atoms with van der Waals surface area (Å²) >= 11 is 1.96. The monoisotopic (exact) mass is 263 g/mol. The lowest BCUT2D eigenvalue weighted by molar-refractivity contribution is 0.528. The Morgan fingerprint density at radius 1 is 1.22 bits per heavy atom. The third-order valence-electron chi connectivity index (χ3n) is 3.65. The Balaban J connectivity index is 1.81. The lowest BCUT2D eigenvalue weighted by Crippen LogP contribution is -2.23. The van der Waals surface area contributed by atoms with Crippen molar-refractivity contribution in [2.45, 2.75) is 44.1 Å². The van der Waals surface area contributed by atoms with Crippen LogP contribution in [0.25, 0.3) is 0 Å². The summed E-state index contributed by atoms with van der Waals surface area (Å²) in [5, 5.41) is 3.69. The van der Waals surface area contributed by atoms with Gasteiger partial charge in [-0.3, -0.25) is 0 Å². The van der Waals surface area contributed by atoms with Gasteiger partial charge in [0, 0.05) is 12.6 Å². The maximum Gasteiger partial charge on any atom is 0.00684 e. The van der Waals surface area contributed by atoms with Crippen LogP contribution < -0.4 is 5.32 Å². The van der Waals surface area contributed by atoms with Gasteiger partial charge in [-0.1, -0.05) is 36.8 Å². The fourth-order valence-corrected chi connectivity index (χ4v) is 2.84. The molecule has 0 saturated heterocycles. The number of benzene rings is 1. The van der Waals surface area contributed by atoms with Crippen molar-refractivity contribution in [1.29, 1.82) is 0 Å². The van der Waals surface area contributed by atoms with E-state index >= 15 is 0 Å². The van der Waals surface area contributed by atoms with Crippen LogP contribution in [-0.4, -0.2) is 24.6 Å². The third-order valence-corrected chi connectivity index (χ3v) is 4.35. The van der Waals surface area contributed by atoms with Crippen LogP contribution in [0.5, 0.6) is 0 Å². The molecule has 0 amide bonds. The van der Waals surface area contributed by atoms with Gasteiger partial charge in [-0.05, 0) is 49.2 Å². The van der Waals surface area contributed by atoms with Crippen LogP contribution in [0.4, 0.5) is 0 Å². The topological polar surface area (TPSA) is 12.0 Å². The summed E-state index contributed by atoms with van der Waals surface area (Å²) in [5.41, 5.74) is 1.51. The zero-order valence-electron chi connectivity index (χ0n) is 11.4. The molecular formula is C16H25NS. The predicted molar refractivity (Wildman–Crippen MR) is 82.4 cm³/mol. The van der Waals surface area contributed by atoms with E-state index in [1.165, 1.54) is 43.4 Å². The largest absolute Gasteiger partial charge is 0.313 e. The molecule has 1 aliphatic rings. The summed E-state index contributed by atoms with van der Waals surface area (Å²) in [6.07, 6.45) is 9.00. The molecule has 1 nitrogen and oxygen atoms in total. The number of hydrogen-bond donors (Lipinski definition) is 1. The van der Waals surface area contributed by atoms with Gasteiger partial charge in [0.05, 0.1) is 0 Å². The van der Waals surface area contributed by atoms with Gasteiger partial charge < -0.3 is 5.32 Å². The molecule has 2 heteroatoms. The Bertz CT molecular complexity index is 321. The lowest BCUT2D eigenvalue weighted by atomic mass is 9.93. The van der Waals surface area contributed by atoms with Crippen molar-refractivity contribution >= 4 is 11.8 Å². The smallest absolute Gasteiger partial charge is 0.00684 e. The van der Waals surface area contributed by atoms with Crippen LogP contribution in [0.15, 0.2) is 30.3 Å². The molecule has 0 aromatic heterocycles. The first-order valence-corrected chi connectivity index (χ1v) is 8.57. The summed E-state index contributed by atoms with van der Waals surface area (Å²) in [4.78, 5) is 0. The molecular weight excluding hydrogens is 238 g/mol. The van der Waals surface area contributed by atoms with E-state index in [1.54, 1.807) is 0 Å². The van der Waals surface area contributed by atoms with Crippen molar-refractivity contribution in [3.05, 3.63) is 35.9 Å². The second-order valence-electron chi connectivity index (χ2n) is 5.28. The molecule has 1 N–H and O–H groups in total. The molecule has 1 aromatic carbocycles. The number of nitrogens with one attached hydrogen (secondary N) is 1. The zero-order chi connectivity index (χ0) is 12.6. The third kappa shape index (κ3) is 5.03. The molecule has 1 unspecified atom stereocenters. The Labute approximate surface area is 116 Å². The van der Waals surface area contributed by atoms with Crippen molar-refractivity contribution in [1.82, 2.24) is 5.32 Å². The van der Waals surface area contributed by atoms with E-state index in [9.17, 15) is 0 Å². The van der Waals surface area contributed by atoms with Crippen LogP contribution >= 0.6 is 11.8 Å². The van der Waals surface area contributed by atoms with E-state index < -0.39 is 0 Å². The summed E-state index contributed by atoms with van der Waals surface area (Å²) in [6, 6.07) is 11.8. The molecule has 1 aromatic rings. The van der Waals surface area contributed by atoms with Crippen LogP contribution in [0.2, 0.25) is 0 Å². The maximum absolute atomic E-state index is 3.69. The molecule has 1 fully saturated rings. The Hall–Kier alpha value is -0.470. The van der Waals surface area contributed by atoms with Gasteiger partial charge in [0.15, 0.2) is 0 Å². The number of rotatable bonds is 9. The molecule has 0 bridgehead atoms. The molecule has 100 valence electrons. The molecule has 18 heavy (non-hydrogen) atoms. The predicted octanol–water partition coefficient (Wildman–Crippen LogP) is 4.06. The highest BCUT2D eigenvalue weighted by Gasteiger charge is 2.22. The van der Waals surface area contributed by atoms with Crippen LogP contribution in [-0.2, 0) is 0 Å². The van der Waals surface area contributed by atoms with Crippen LogP contribution in [0, 0.1) is 0 Å². The normalized spacial score (nSPS) is 16.7. The van der Waals surface area contributed by atoms with Crippen molar-refractivity contribution in [2.75, 3.05) is 18.6 Å². The van der Waals surface area contributed by atoms with Gasteiger partial charge in [0.1, 0.15) is 0 Å². The molecule has 1 saturated carbocycles. The highest BCUT2D eigenvalue weighted by Crippen LogP contribution is 2.24. The Morgan fingerprint density at radius 3 is 2.67 bits per heavy atom. The van der Waals surface area contributed by atoms with E-state index in [2.05, 4.69) is 41.9 Å². The molecule has 2 rings (SSSR count). The summed E-state index contributed by atoms with van der Waals surface area (Å²) in [6.45, 7) is 1.16. The fourth-order valence-electron chi connectivity index (χ4n) is 2.35. The van der Waals surface area contributed by atoms with Crippen LogP contribution in [0.3, 0.4) is 0 Å². The first-order valence-electron chi connectivity index (χ1n) is 7.17. The van der Waals surface area contributed by atoms with Gasteiger partial charge in [-0.25, -0.2) is 0 Å². The highest BCUT2D eigenvalue weighted by atomic mass is 32.2. The lowest BCUT2D eigenvalue weighted by Gasteiger charge is -2.18. The summed E-state index contributed by atoms with van der Waals surface area (Å²) < 4.78 is 0. The Morgan fingerprint density at radius 2 is 2.00 bits per heavy atom. The fraction of sp³-hybridized carbons (Fsp3) is 0.625. The second-order valence-corrected chi connectivity index (χ2v) is 6.26. The van der Waals surface area contributed by atoms with E-state index in [1.807, 2.05) is 11.8 Å². The molecule has 0 radical (unpaired) electrons. The number of thioether (sulfide) groups is 1. The van der Waals surface area contributed by atoms with Crippen molar-refractivity contribution in [3.63, 3.8) is 0 Å². The summed E-state index contributed by atoms with van der Waals surface area (Å²) in [7, 11) is 0. The average Bonchev–Trinajstić information content (AvgIpc) is 3.23. The van der Waals surface area contributed by atoms with E-state index in [0.717, 1.165) is 12.6 Å². The minimum Gasteiger partial charge on any atom is -0.313 e. The number of hydrogen-bond acceptors (Lipinski definition) is 2. The van der Waals surface area contributed by atoms with Crippen molar-refractivity contribution < 1.29 is 0 Å². The molecule has 0 heterocycles. The standard InChI is InChI=1S/C16H25NS/c1-18-12-6-5-9-15(13-17-16-10-11-16)14-7-3-2-4-8-14/h2-4,7-8,15-17H,5-6,9-13H2,1H3.